The Morgan fingerprint density at radius 1 is 1.06 bits per heavy atom. The number of hydrogen-bond donors (Lipinski definition) is 1. The summed E-state index contributed by atoms with van der Waals surface area (Å²) < 4.78 is 34.9. The van der Waals surface area contributed by atoms with Crippen molar-refractivity contribution in [3.63, 3.8) is 0 Å². The van der Waals surface area contributed by atoms with Gasteiger partial charge in [-0.05, 0) is 17.2 Å². The fraction of sp³-hybridized carbons (Fsp3) is 0.348. The Hall–Kier alpha value is -2.68. The van der Waals surface area contributed by atoms with Crippen LogP contribution < -0.4 is 5.32 Å². The first-order chi connectivity index (χ1) is 14.9. The molecule has 0 radical (unpaired) electrons. The molecule has 0 unspecified atom stereocenters. The lowest BCUT2D eigenvalue weighted by Crippen LogP contribution is -2.35. The highest BCUT2D eigenvalue weighted by Crippen LogP contribution is 2.27. The van der Waals surface area contributed by atoms with Gasteiger partial charge in [0, 0.05) is 43.4 Å². The van der Waals surface area contributed by atoms with Gasteiger partial charge in [-0.2, -0.15) is 0 Å². The molecule has 2 heterocycles. The lowest BCUT2D eigenvalue weighted by molar-refractivity contribution is 0.0342. The summed E-state index contributed by atoms with van der Waals surface area (Å²) in [7, 11) is -3.34. The van der Waals surface area contributed by atoms with E-state index in [0.29, 0.717) is 23.1 Å². The van der Waals surface area contributed by atoms with E-state index in [1.54, 1.807) is 24.3 Å². The third-order valence-electron chi connectivity index (χ3n) is 5.27. The highest BCUT2D eigenvalue weighted by molar-refractivity contribution is 7.89. The molecule has 1 amide bonds. The second-order valence-electron chi connectivity index (χ2n) is 7.87. The number of fused-ring (bicyclic) bond motifs is 1. The molecule has 31 heavy (non-hydrogen) atoms. The first-order valence-corrected chi connectivity index (χ1v) is 12.3. The summed E-state index contributed by atoms with van der Waals surface area (Å²) >= 11 is 0. The van der Waals surface area contributed by atoms with Gasteiger partial charge in [0.15, 0.2) is 15.6 Å². The van der Waals surface area contributed by atoms with Gasteiger partial charge in [0.25, 0.3) is 5.91 Å². The minimum absolute atomic E-state index is 0.0519. The number of nitrogens with zero attached hydrogens (tertiary/aromatic N) is 1. The lowest BCUT2D eigenvalue weighted by atomic mass is 10.1. The predicted octanol–water partition coefficient (Wildman–Crippen LogP) is 2.74. The minimum atomic E-state index is -3.34. The van der Waals surface area contributed by atoms with Crippen LogP contribution in [0.2, 0.25) is 0 Å². The molecule has 3 aromatic rings. The summed E-state index contributed by atoms with van der Waals surface area (Å²) in [4.78, 5) is 15.2. The Balaban J connectivity index is 1.48. The van der Waals surface area contributed by atoms with E-state index in [0.717, 1.165) is 44.7 Å². The van der Waals surface area contributed by atoms with Crippen LogP contribution in [0.4, 0.5) is 0 Å². The fourth-order valence-electron chi connectivity index (χ4n) is 3.81. The van der Waals surface area contributed by atoms with Crippen molar-refractivity contribution >= 4 is 26.7 Å². The third kappa shape index (κ3) is 5.52. The van der Waals surface area contributed by atoms with Crippen LogP contribution in [0.15, 0.2) is 52.9 Å². The molecule has 1 aliphatic heterocycles. The van der Waals surface area contributed by atoms with Gasteiger partial charge in [0.1, 0.15) is 5.58 Å². The standard InChI is InChI=1S/C23H26N2O5S/c1-31(27,28)16-20-19-7-2-3-8-21(19)30-22(20)23(26)24-14-17-5-4-6-18(13-17)15-25-9-11-29-12-10-25/h2-8,13H,9-12,14-16H2,1H3,(H,24,26). The smallest absolute Gasteiger partial charge is 0.287 e. The lowest BCUT2D eigenvalue weighted by Gasteiger charge is -2.26. The van der Waals surface area contributed by atoms with Crippen molar-refractivity contribution in [2.45, 2.75) is 18.8 Å². The number of nitrogens with one attached hydrogen (secondary N) is 1. The van der Waals surface area contributed by atoms with Gasteiger partial charge in [0.2, 0.25) is 0 Å². The highest BCUT2D eigenvalue weighted by Gasteiger charge is 2.23. The molecule has 0 aliphatic carbocycles. The summed E-state index contributed by atoms with van der Waals surface area (Å²) in [5.41, 5.74) is 3.05. The monoisotopic (exact) mass is 442 g/mol. The van der Waals surface area contributed by atoms with Crippen molar-refractivity contribution in [2.24, 2.45) is 0 Å². The molecule has 1 aromatic heterocycles. The van der Waals surface area contributed by atoms with Crippen LogP contribution in [0.3, 0.4) is 0 Å². The molecule has 0 saturated carbocycles. The molecule has 1 N–H and O–H groups in total. The van der Waals surface area contributed by atoms with Crippen molar-refractivity contribution in [1.82, 2.24) is 10.2 Å². The van der Waals surface area contributed by atoms with E-state index < -0.39 is 15.7 Å². The normalized spacial score (nSPS) is 15.3. The second kappa shape index (κ2) is 9.21. The van der Waals surface area contributed by atoms with E-state index >= 15 is 0 Å². The van der Waals surface area contributed by atoms with E-state index in [9.17, 15) is 13.2 Å². The Morgan fingerprint density at radius 3 is 2.58 bits per heavy atom. The number of hydrogen-bond acceptors (Lipinski definition) is 6. The van der Waals surface area contributed by atoms with Crippen LogP contribution in [-0.4, -0.2) is 51.8 Å². The largest absolute Gasteiger partial charge is 0.451 e. The molecule has 1 saturated heterocycles. The van der Waals surface area contributed by atoms with Gasteiger partial charge in [-0.1, -0.05) is 42.5 Å². The Bertz CT molecular complexity index is 1180. The van der Waals surface area contributed by atoms with Crippen LogP contribution in [0.5, 0.6) is 0 Å². The molecule has 4 rings (SSSR count). The Morgan fingerprint density at radius 2 is 1.81 bits per heavy atom. The molecule has 1 aliphatic rings. The fourth-order valence-corrected chi connectivity index (χ4v) is 4.62. The zero-order valence-corrected chi connectivity index (χ0v) is 18.3. The Labute approximate surface area is 181 Å². The average molecular weight is 443 g/mol. The molecular weight excluding hydrogens is 416 g/mol. The molecule has 0 bridgehead atoms. The molecule has 1 fully saturated rings. The van der Waals surface area contributed by atoms with Gasteiger partial charge in [-0.15, -0.1) is 0 Å². The SMILES string of the molecule is CS(=O)(=O)Cc1c(C(=O)NCc2cccc(CN3CCOCC3)c2)oc2ccccc12. The summed E-state index contributed by atoms with van der Waals surface area (Å²) in [5, 5.41) is 3.52. The highest BCUT2D eigenvalue weighted by atomic mass is 32.2. The van der Waals surface area contributed by atoms with E-state index in [-0.39, 0.29) is 11.5 Å². The van der Waals surface area contributed by atoms with Crippen LogP contribution in [0.25, 0.3) is 11.0 Å². The van der Waals surface area contributed by atoms with Crippen LogP contribution in [0, 0.1) is 0 Å². The number of carbonyl (C=O) groups is 1. The minimum Gasteiger partial charge on any atom is -0.451 e. The zero-order chi connectivity index (χ0) is 21.8. The number of amides is 1. The van der Waals surface area contributed by atoms with Gasteiger partial charge < -0.3 is 14.5 Å². The maximum Gasteiger partial charge on any atom is 0.287 e. The third-order valence-corrected chi connectivity index (χ3v) is 6.08. The molecule has 0 atom stereocenters. The summed E-state index contributed by atoms with van der Waals surface area (Å²) in [5.74, 6) is -0.619. The maximum absolute atomic E-state index is 12.9. The van der Waals surface area contributed by atoms with E-state index in [1.807, 2.05) is 12.1 Å². The van der Waals surface area contributed by atoms with Crippen molar-refractivity contribution in [3.05, 3.63) is 71.0 Å². The maximum atomic E-state index is 12.9. The molecule has 8 heteroatoms. The second-order valence-corrected chi connectivity index (χ2v) is 10.0. The van der Waals surface area contributed by atoms with Gasteiger partial charge >= 0.3 is 0 Å². The molecule has 2 aromatic carbocycles. The average Bonchev–Trinajstić information content (AvgIpc) is 3.10. The molecule has 7 nitrogen and oxygen atoms in total. The summed E-state index contributed by atoms with van der Waals surface area (Å²) in [6.07, 6.45) is 1.15. The number of rotatable bonds is 7. The Kier molecular flexibility index (Phi) is 6.41. The summed E-state index contributed by atoms with van der Waals surface area (Å²) in [6.45, 7) is 4.50. The zero-order valence-electron chi connectivity index (χ0n) is 17.5. The summed E-state index contributed by atoms with van der Waals surface area (Å²) in [6, 6.07) is 15.2. The van der Waals surface area contributed by atoms with E-state index in [4.69, 9.17) is 9.15 Å². The van der Waals surface area contributed by atoms with Crippen molar-refractivity contribution in [3.8, 4) is 0 Å². The predicted molar refractivity (Wildman–Crippen MR) is 118 cm³/mol. The number of ether oxygens (including phenoxy) is 1. The first-order valence-electron chi connectivity index (χ1n) is 10.2. The van der Waals surface area contributed by atoms with Gasteiger partial charge in [-0.3, -0.25) is 9.69 Å². The van der Waals surface area contributed by atoms with Crippen molar-refractivity contribution in [2.75, 3.05) is 32.6 Å². The van der Waals surface area contributed by atoms with E-state index in [1.165, 1.54) is 5.56 Å². The van der Waals surface area contributed by atoms with Crippen molar-refractivity contribution in [1.29, 1.82) is 0 Å². The number of furan rings is 1. The molecule has 164 valence electrons. The molecule has 0 spiro atoms. The number of carbonyl (C=O) groups excluding carboxylic acids is 1. The van der Waals surface area contributed by atoms with Gasteiger partial charge in [0.05, 0.1) is 19.0 Å². The van der Waals surface area contributed by atoms with E-state index in [2.05, 4.69) is 22.3 Å². The quantitative estimate of drug-likeness (QED) is 0.605. The number of benzene rings is 2. The van der Waals surface area contributed by atoms with Crippen LogP contribution in [0.1, 0.15) is 27.2 Å². The molecular formula is C23H26N2O5S. The van der Waals surface area contributed by atoms with Gasteiger partial charge in [-0.25, -0.2) is 8.42 Å². The number of sulfone groups is 1. The number of para-hydroxylation sites is 1. The van der Waals surface area contributed by atoms with Crippen LogP contribution in [-0.2, 0) is 33.4 Å². The van der Waals surface area contributed by atoms with Crippen molar-refractivity contribution < 1.29 is 22.4 Å². The van der Waals surface area contributed by atoms with Crippen LogP contribution >= 0.6 is 0 Å². The number of morpholine rings is 1. The topological polar surface area (TPSA) is 88.9 Å². The first kappa shape index (κ1) is 21.5.